The Morgan fingerprint density at radius 2 is 0.667 bits per heavy atom. The van der Waals surface area contributed by atoms with Crippen LogP contribution >= 0.6 is 11.3 Å². The molecule has 12 aromatic rings. The summed E-state index contributed by atoms with van der Waals surface area (Å²) in [6.07, 6.45) is 0. The van der Waals surface area contributed by atoms with Gasteiger partial charge in [0.25, 0.3) is 0 Å². The molecule has 3 heterocycles. The van der Waals surface area contributed by atoms with Gasteiger partial charge in [0.1, 0.15) is 0 Å². The van der Waals surface area contributed by atoms with Crippen molar-refractivity contribution < 1.29 is 0 Å². The zero-order chi connectivity index (χ0) is 45.4. The maximum Gasteiger partial charge on any atom is 0.164 e. The normalized spacial score (nSPS) is 14.4. The fourth-order valence-electron chi connectivity index (χ4n) is 10.7. The van der Waals surface area contributed by atoms with Gasteiger partial charge in [-0.2, -0.15) is 0 Å². The minimum absolute atomic E-state index is 0.0492. The standard InChI is InChI=1S/C63H39N5S/c1-4-14-40(15-5-1)60-64-54(39-26-24-38(25-27-39)43-28-31-47-46-20-12-13-23-56(46)69-57(47)36-43)37-55(65-60)44-29-32-50-52(34-44)58-48-21-10-11-22-49(48)59(50)53-35-45(30-33-51(53)58)63-67-61(41-16-6-2-7-17-41)66-62(68-63)42-18-8-3-9-19-42/h1-37,58-59H. The van der Waals surface area contributed by atoms with Crippen molar-refractivity contribution in [1.82, 2.24) is 24.9 Å². The molecule has 69 heavy (non-hydrogen) atoms. The first kappa shape index (κ1) is 39.5. The van der Waals surface area contributed by atoms with Gasteiger partial charge in [0.2, 0.25) is 0 Å². The van der Waals surface area contributed by atoms with Gasteiger partial charge in [-0.3, -0.25) is 0 Å². The summed E-state index contributed by atoms with van der Waals surface area (Å²) in [6, 6.07) is 79.9. The number of rotatable bonds is 7. The Labute approximate surface area is 403 Å². The SMILES string of the molecule is c1ccc(-c2nc(-c3ccc(-c4ccc5c(c4)sc4ccccc45)cc3)cc(-c3ccc4c(c3)C3c5ccccc5C4c4cc(-c5nc(-c6ccccc6)nc(-c6ccccc6)n5)ccc43)n2)cc1. The first-order valence-corrected chi connectivity index (χ1v) is 24.2. The summed E-state index contributed by atoms with van der Waals surface area (Å²) in [6.45, 7) is 0. The van der Waals surface area contributed by atoms with E-state index >= 15 is 0 Å². The quantitative estimate of drug-likeness (QED) is 0.159. The average molecular weight is 898 g/mol. The average Bonchev–Trinajstić information content (AvgIpc) is 3.81. The van der Waals surface area contributed by atoms with Gasteiger partial charge in [-0.05, 0) is 74.8 Å². The van der Waals surface area contributed by atoms with Crippen LogP contribution in [0.5, 0.6) is 0 Å². The highest BCUT2D eigenvalue weighted by atomic mass is 32.1. The third-order valence-electron chi connectivity index (χ3n) is 13.9. The summed E-state index contributed by atoms with van der Waals surface area (Å²) in [4.78, 5) is 25.7. The fraction of sp³-hybridized carbons (Fsp3) is 0.0317. The molecule has 2 unspecified atom stereocenters. The third-order valence-corrected chi connectivity index (χ3v) is 15.1. The minimum atomic E-state index is 0.0492. The van der Waals surface area contributed by atoms with Gasteiger partial charge in [0.05, 0.1) is 11.4 Å². The fourth-order valence-corrected chi connectivity index (χ4v) is 11.8. The van der Waals surface area contributed by atoms with Crippen LogP contribution in [0.1, 0.15) is 45.2 Å². The van der Waals surface area contributed by atoms with Gasteiger partial charge < -0.3 is 0 Å². The summed E-state index contributed by atoms with van der Waals surface area (Å²) in [5.41, 5.74) is 18.1. The monoisotopic (exact) mass is 897 g/mol. The van der Waals surface area contributed by atoms with E-state index in [0.29, 0.717) is 23.3 Å². The van der Waals surface area contributed by atoms with Crippen LogP contribution in [-0.2, 0) is 0 Å². The number of benzene rings is 9. The second-order valence-electron chi connectivity index (χ2n) is 17.9. The van der Waals surface area contributed by atoms with Crippen molar-refractivity contribution >= 4 is 31.5 Å². The molecule has 15 rings (SSSR count). The van der Waals surface area contributed by atoms with E-state index in [1.54, 1.807) is 0 Å². The van der Waals surface area contributed by atoms with E-state index in [4.69, 9.17) is 24.9 Å². The maximum atomic E-state index is 5.29. The molecule has 0 N–H and O–H groups in total. The molecule has 2 atom stereocenters. The highest BCUT2D eigenvalue weighted by molar-refractivity contribution is 7.25. The van der Waals surface area contributed by atoms with Crippen LogP contribution in [0.4, 0.5) is 0 Å². The minimum Gasteiger partial charge on any atom is -0.228 e. The number of nitrogens with zero attached hydrogens (tertiary/aromatic N) is 5. The van der Waals surface area contributed by atoms with Crippen LogP contribution in [0.3, 0.4) is 0 Å². The first-order valence-electron chi connectivity index (χ1n) is 23.4. The van der Waals surface area contributed by atoms with Crippen molar-refractivity contribution in [1.29, 1.82) is 0 Å². The van der Waals surface area contributed by atoms with Crippen molar-refractivity contribution in [2.45, 2.75) is 11.8 Å². The predicted molar refractivity (Wildman–Crippen MR) is 281 cm³/mol. The molecule has 3 aliphatic rings. The van der Waals surface area contributed by atoms with Gasteiger partial charge in [-0.1, -0.05) is 194 Å². The molecule has 0 aliphatic heterocycles. The van der Waals surface area contributed by atoms with Crippen LogP contribution in [0.2, 0.25) is 0 Å². The molecule has 0 saturated heterocycles. The number of fused-ring (bicyclic) bond motifs is 3. The molecule has 0 radical (unpaired) electrons. The predicted octanol–water partition coefficient (Wildman–Crippen LogP) is 15.7. The Bertz CT molecular complexity index is 3900. The molecular weight excluding hydrogens is 859 g/mol. The highest BCUT2D eigenvalue weighted by Gasteiger charge is 2.41. The van der Waals surface area contributed by atoms with Crippen LogP contribution in [-0.4, -0.2) is 24.9 Å². The summed E-state index contributed by atoms with van der Waals surface area (Å²) < 4.78 is 2.62. The molecule has 3 aromatic heterocycles. The van der Waals surface area contributed by atoms with E-state index in [1.165, 1.54) is 64.7 Å². The lowest BCUT2D eigenvalue weighted by molar-refractivity contribution is 0.754. The number of aromatic nitrogens is 5. The van der Waals surface area contributed by atoms with E-state index < -0.39 is 0 Å². The summed E-state index contributed by atoms with van der Waals surface area (Å²) in [5.74, 6) is 2.78. The largest absolute Gasteiger partial charge is 0.228 e. The summed E-state index contributed by atoms with van der Waals surface area (Å²) in [7, 11) is 0. The molecule has 9 aromatic carbocycles. The van der Waals surface area contributed by atoms with Crippen molar-refractivity contribution in [2.24, 2.45) is 0 Å². The van der Waals surface area contributed by atoms with Crippen molar-refractivity contribution in [3.05, 3.63) is 258 Å². The van der Waals surface area contributed by atoms with Gasteiger partial charge in [-0.25, -0.2) is 24.9 Å². The van der Waals surface area contributed by atoms with E-state index in [1.807, 2.05) is 65.9 Å². The second-order valence-corrected chi connectivity index (χ2v) is 19.0. The first-order chi connectivity index (χ1) is 34.2. The number of thiophene rings is 1. The van der Waals surface area contributed by atoms with Crippen LogP contribution in [0, 0.1) is 0 Å². The highest BCUT2D eigenvalue weighted by Crippen LogP contribution is 2.56. The topological polar surface area (TPSA) is 64.5 Å². The molecule has 0 saturated carbocycles. The molecule has 6 heteroatoms. The Morgan fingerprint density at radius 1 is 0.246 bits per heavy atom. The number of hydrogen-bond donors (Lipinski definition) is 0. The van der Waals surface area contributed by atoms with Crippen LogP contribution < -0.4 is 0 Å². The molecule has 322 valence electrons. The van der Waals surface area contributed by atoms with E-state index in [0.717, 1.165) is 44.8 Å². The molecule has 0 fully saturated rings. The molecular formula is C63H39N5S. The van der Waals surface area contributed by atoms with Gasteiger partial charge in [0.15, 0.2) is 23.3 Å². The van der Waals surface area contributed by atoms with Crippen molar-refractivity contribution in [3.8, 4) is 79.2 Å². The van der Waals surface area contributed by atoms with Crippen molar-refractivity contribution in [3.63, 3.8) is 0 Å². The molecule has 0 amide bonds. The lowest BCUT2D eigenvalue weighted by Crippen LogP contribution is -2.27. The van der Waals surface area contributed by atoms with Gasteiger partial charge >= 0.3 is 0 Å². The van der Waals surface area contributed by atoms with E-state index in [-0.39, 0.29) is 11.8 Å². The summed E-state index contributed by atoms with van der Waals surface area (Å²) in [5, 5.41) is 2.62. The molecule has 2 bridgehead atoms. The lowest BCUT2D eigenvalue weighted by atomic mass is 9.60. The Kier molecular flexibility index (Phi) is 9.14. The van der Waals surface area contributed by atoms with Crippen LogP contribution in [0.15, 0.2) is 224 Å². The molecule has 3 aliphatic carbocycles. The Balaban J connectivity index is 0.852. The maximum absolute atomic E-state index is 5.29. The second kappa shape index (κ2) is 16.0. The molecule has 5 nitrogen and oxygen atoms in total. The van der Waals surface area contributed by atoms with Crippen LogP contribution in [0.25, 0.3) is 99.4 Å². The molecule has 0 spiro atoms. The smallest absolute Gasteiger partial charge is 0.164 e. The van der Waals surface area contributed by atoms with E-state index in [9.17, 15) is 0 Å². The summed E-state index contributed by atoms with van der Waals surface area (Å²) >= 11 is 1.85. The van der Waals surface area contributed by atoms with E-state index in [2.05, 4.69) is 170 Å². The Hall–Kier alpha value is -8.71. The van der Waals surface area contributed by atoms with Gasteiger partial charge in [-0.15, -0.1) is 11.3 Å². The zero-order valence-corrected chi connectivity index (χ0v) is 38.0. The third kappa shape index (κ3) is 6.71. The lowest BCUT2D eigenvalue weighted by Gasteiger charge is -2.42. The Morgan fingerprint density at radius 3 is 1.28 bits per heavy atom. The van der Waals surface area contributed by atoms with Crippen molar-refractivity contribution in [2.75, 3.05) is 0 Å². The number of hydrogen-bond acceptors (Lipinski definition) is 6. The van der Waals surface area contributed by atoms with Gasteiger partial charge in [0, 0.05) is 65.4 Å². The zero-order valence-electron chi connectivity index (χ0n) is 37.2.